The molecule has 0 amide bonds. The number of nitriles is 1. The van der Waals surface area contributed by atoms with Crippen LogP contribution in [0.1, 0.15) is 13.8 Å². The first-order chi connectivity index (χ1) is 4.58. The van der Waals surface area contributed by atoms with Crippen LogP contribution in [0.25, 0.3) is 0 Å². The summed E-state index contributed by atoms with van der Waals surface area (Å²) in [5.41, 5.74) is -0.112. The van der Waals surface area contributed by atoms with Gasteiger partial charge < -0.3 is 10.4 Å². The SMILES string of the molecule is CN/C(=C\O)C(C)(C)C#N. The van der Waals surface area contributed by atoms with Crippen LogP contribution < -0.4 is 5.32 Å². The van der Waals surface area contributed by atoms with Crippen molar-refractivity contribution in [1.82, 2.24) is 5.32 Å². The van der Waals surface area contributed by atoms with Gasteiger partial charge in [0.25, 0.3) is 0 Å². The van der Waals surface area contributed by atoms with E-state index in [9.17, 15) is 0 Å². The van der Waals surface area contributed by atoms with Crippen molar-refractivity contribution < 1.29 is 5.11 Å². The fourth-order valence-electron chi connectivity index (χ4n) is 0.599. The molecule has 0 heterocycles. The van der Waals surface area contributed by atoms with Crippen LogP contribution in [0.15, 0.2) is 12.0 Å². The van der Waals surface area contributed by atoms with E-state index in [1.54, 1.807) is 20.9 Å². The van der Waals surface area contributed by atoms with Crippen LogP contribution >= 0.6 is 0 Å². The maximum absolute atomic E-state index is 8.62. The molecule has 2 N–H and O–H groups in total. The Morgan fingerprint density at radius 1 is 1.70 bits per heavy atom. The Morgan fingerprint density at radius 2 is 2.20 bits per heavy atom. The number of nitrogens with one attached hydrogen (secondary N) is 1. The predicted molar refractivity (Wildman–Crippen MR) is 39.2 cm³/mol. The van der Waals surface area contributed by atoms with Gasteiger partial charge in [-0.1, -0.05) is 0 Å². The maximum Gasteiger partial charge on any atom is 0.0997 e. The summed E-state index contributed by atoms with van der Waals surface area (Å²) in [6.07, 6.45) is 0.920. The van der Waals surface area contributed by atoms with Crippen molar-refractivity contribution >= 4 is 0 Å². The molecule has 0 fully saturated rings. The number of rotatable bonds is 2. The highest BCUT2D eigenvalue weighted by Gasteiger charge is 2.21. The molecule has 0 aromatic heterocycles. The summed E-state index contributed by atoms with van der Waals surface area (Å²) in [5.74, 6) is 0. The Bertz CT molecular complexity index is 177. The number of hydrogen-bond acceptors (Lipinski definition) is 3. The minimum absolute atomic E-state index is 0.523. The van der Waals surface area contributed by atoms with Crippen molar-refractivity contribution in [3.8, 4) is 6.07 Å². The van der Waals surface area contributed by atoms with Crippen molar-refractivity contribution in [1.29, 1.82) is 5.26 Å². The van der Waals surface area contributed by atoms with Crippen LogP contribution in [0.2, 0.25) is 0 Å². The van der Waals surface area contributed by atoms with Crippen LogP contribution in [-0.4, -0.2) is 12.2 Å². The lowest BCUT2D eigenvalue weighted by Gasteiger charge is -2.17. The summed E-state index contributed by atoms with van der Waals surface area (Å²) in [7, 11) is 1.67. The molecule has 56 valence electrons. The molecule has 0 aliphatic rings. The van der Waals surface area contributed by atoms with Gasteiger partial charge in [-0.05, 0) is 13.8 Å². The molecule has 0 aromatic carbocycles. The third kappa shape index (κ3) is 1.66. The molecule has 0 spiro atoms. The summed E-state index contributed by atoms with van der Waals surface area (Å²) in [6.45, 7) is 3.46. The van der Waals surface area contributed by atoms with Crippen molar-refractivity contribution in [3.05, 3.63) is 12.0 Å². The topological polar surface area (TPSA) is 56.0 Å². The van der Waals surface area contributed by atoms with Crippen LogP contribution in [0.3, 0.4) is 0 Å². The van der Waals surface area contributed by atoms with Crippen molar-refractivity contribution in [2.75, 3.05) is 7.05 Å². The van der Waals surface area contributed by atoms with E-state index in [2.05, 4.69) is 11.4 Å². The summed E-state index contributed by atoms with van der Waals surface area (Å²) in [6, 6.07) is 2.05. The fourth-order valence-corrected chi connectivity index (χ4v) is 0.599. The number of aliphatic hydroxyl groups is 1. The molecule has 10 heavy (non-hydrogen) atoms. The molecule has 0 aromatic rings. The van der Waals surface area contributed by atoms with Gasteiger partial charge >= 0.3 is 0 Å². The maximum atomic E-state index is 8.62. The lowest BCUT2D eigenvalue weighted by molar-refractivity contribution is 0.432. The number of allylic oxidation sites excluding steroid dienone is 1. The zero-order chi connectivity index (χ0) is 8.20. The van der Waals surface area contributed by atoms with Crippen LogP contribution in [0, 0.1) is 16.7 Å². The molecule has 3 nitrogen and oxygen atoms in total. The third-order valence-electron chi connectivity index (χ3n) is 1.35. The van der Waals surface area contributed by atoms with Gasteiger partial charge in [-0.25, -0.2) is 0 Å². The molecule has 3 heteroatoms. The van der Waals surface area contributed by atoms with Gasteiger partial charge in [-0.15, -0.1) is 0 Å². The van der Waals surface area contributed by atoms with E-state index >= 15 is 0 Å². The molecule has 0 radical (unpaired) electrons. The van der Waals surface area contributed by atoms with Gasteiger partial charge in [-0.3, -0.25) is 0 Å². The Balaban J connectivity index is 4.48. The largest absolute Gasteiger partial charge is 0.514 e. The van der Waals surface area contributed by atoms with Gasteiger partial charge in [0.2, 0.25) is 0 Å². The number of nitrogens with zero attached hydrogens (tertiary/aromatic N) is 1. The van der Waals surface area contributed by atoms with Gasteiger partial charge in [0.15, 0.2) is 0 Å². The molecule has 0 bridgehead atoms. The summed E-state index contributed by atoms with van der Waals surface area (Å²) in [5, 5.41) is 19.9. The molecular weight excluding hydrogens is 128 g/mol. The average Bonchev–Trinajstić information content (AvgIpc) is 1.90. The Kier molecular flexibility index (Phi) is 2.75. The molecule has 0 unspecified atom stereocenters. The van der Waals surface area contributed by atoms with Crippen LogP contribution in [0.5, 0.6) is 0 Å². The molecular formula is C7H12N2O. The minimum Gasteiger partial charge on any atom is -0.514 e. The Morgan fingerprint density at radius 3 is 2.30 bits per heavy atom. The second-order valence-corrected chi connectivity index (χ2v) is 2.53. The van der Waals surface area contributed by atoms with E-state index in [4.69, 9.17) is 10.4 Å². The highest BCUT2D eigenvalue weighted by Crippen LogP contribution is 2.21. The van der Waals surface area contributed by atoms with E-state index < -0.39 is 5.41 Å². The van der Waals surface area contributed by atoms with Crippen LogP contribution in [-0.2, 0) is 0 Å². The van der Waals surface area contributed by atoms with Crippen molar-refractivity contribution in [2.24, 2.45) is 5.41 Å². The normalized spacial score (nSPS) is 12.4. The zero-order valence-corrected chi connectivity index (χ0v) is 6.47. The molecule has 0 saturated carbocycles. The van der Waals surface area contributed by atoms with E-state index in [0.29, 0.717) is 5.70 Å². The molecule has 0 rings (SSSR count). The number of hydrogen-bond donors (Lipinski definition) is 2. The molecule has 0 atom stereocenters. The van der Waals surface area contributed by atoms with Crippen molar-refractivity contribution in [3.63, 3.8) is 0 Å². The fraction of sp³-hybridized carbons (Fsp3) is 0.571. The second-order valence-electron chi connectivity index (χ2n) is 2.53. The van der Waals surface area contributed by atoms with E-state index in [-0.39, 0.29) is 0 Å². The van der Waals surface area contributed by atoms with Crippen molar-refractivity contribution in [2.45, 2.75) is 13.8 Å². The first-order valence-corrected chi connectivity index (χ1v) is 3.02. The van der Waals surface area contributed by atoms with E-state index in [1.165, 1.54) is 0 Å². The van der Waals surface area contributed by atoms with Gasteiger partial charge in [0.1, 0.15) is 0 Å². The quantitative estimate of drug-likeness (QED) is 0.566. The smallest absolute Gasteiger partial charge is 0.0997 e. The highest BCUT2D eigenvalue weighted by atomic mass is 16.2. The zero-order valence-electron chi connectivity index (χ0n) is 6.47. The van der Waals surface area contributed by atoms with E-state index in [1.807, 2.05) is 0 Å². The van der Waals surface area contributed by atoms with Gasteiger partial charge in [0, 0.05) is 7.05 Å². The second kappa shape index (κ2) is 3.11. The summed E-state index contributed by atoms with van der Waals surface area (Å²) >= 11 is 0. The predicted octanol–water partition coefficient (Wildman–Crippen LogP) is 1.15. The molecule has 0 aliphatic carbocycles. The Labute approximate surface area is 61.0 Å². The lowest BCUT2D eigenvalue weighted by Crippen LogP contribution is -2.22. The summed E-state index contributed by atoms with van der Waals surface area (Å²) < 4.78 is 0. The first kappa shape index (κ1) is 8.83. The highest BCUT2D eigenvalue weighted by molar-refractivity contribution is 5.16. The monoisotopic (exact) mass is 140 g/mol. The average molecular weight is 140 g/mol. The van der Waals surface area contributed by atoms with E-state index in [0.717, 1.165) is 6.26 Å². The number of aliphatic hydroxyl groups excluding tert-OH is 1. The first-order valence-electron chi connectivity index (χ1n) is 3.02. The molecule has 0 aliphatic heterocycles. The van der Waals surface area contributed by atoms with Crippen LogP contribution in [0.4, 0.5) is 0 Å². The summed E-state index contributed by atoms with van der Waals surface area (Å²) in [4.78, 5) is 0. The van der Waals surface area contributed by atoms with Gasteiger partial charge in [-0.2, -0.15) is 5.26 Å². The molecule has 0 saturated heterocycles. The Hall–Kier alpha value is -1.17. The third-order valence-corrected chi connectivity index (χ3v) is 1.35. The minimum atomic E-state index is -0.635. The van der Waals surface area contributed by atoms with Gasteiger partial charge in [0.05, 0.1) is 23.4 Å². The lowest BCUT2D eigenvalue weighted by atomic mass is 9.92. The standard InChI is InChI=1S/C7H12N2O/c1-7(2,5-8)6(4-10)9-3/h4,9-10H,1-3H3/b6-4-.